The number of phenols is 1. The van der Waals surface area contributed by atoms with E-state index in [2.05, 4.69) is 0 Å². The van der Waals surface area contributed by atoms with E-state index in [1.54, 1.807) is 42.5 Å². The second-order valence-electron chi connectivity index (χ2n) is 5.72. The van der Waals surface area contributed by atoms with Crippen molar-refractivity contribution in [2.75, 3.05) is 18.6 Å². The summed E-state index contributed by atoms with van der Waals surface area (Å²) in [4.78, 5) is 26.5. The molecule has 2 aromatic rings. The highest BCUT2D eigenvalue weighted by atomic mass is 32.2. The van der Waals surface area contributed by atoms with Gasteiger partial charge in [0.15, 0.2) is 15.8 Å². The minimum Gasteiger partial charge on any atom is -0.504 e. The molecule has 144 valence electrons. The topological polar surface area (TPSA) is 76.1 Å². The van der Waals surface area contributed by atoms with Gasteiger partial charge < -0.3 is 14.6 Å². The molecule has 1 aliphatic heterocycles. The monoisotopic (exact) mass is 415 g/mol. The molecule has 0 radical (unpaired) electrons. The molecule has 1 amide bonds. The molecule has 0 atom stereocenters. The van der Waals surface area contributed by atoms with Crippen molar-refractivity contribution in [3.8, 4) is 11.5 Å². The summed E-state index contributed by atoms with van der Waals surface area (Å²) >= 11 is 6.53. The van der Waals surface area contributed by atoms with E-state index in [-0.39, 0.29) is 11.7 Å². The van der Waals surface area contributed by atoms with Gasteiger partial charge in [0.2, 0.25) is 0 Å². The fraction of sp³-hybridized carbons (Fsp3) is 0.150. The normalized spacial score (nSPS) is 15.2. The van der Waals surface area contributed by atoms with Crippen LogP contribution in [0.1, 0.15) is 22.8 Å². The van der Waals surface area contributed by atoms with Crippen LogP contribution in [-0.4, -0.2) is 35.0 Å². The zero-order valence-electron chi connectivity index (χ0n) is 15.2. The van der Waals surface area contributed by atoms with Crippen LogP contribution < -0.4 is 9.64 Å². The van der Waals surface area contributed by atoms with E-state index in [9.17, 15) is 14.7 Å². The van der Waals surface area contributed by atoms with Gasteiger partial charge in [0, 0.05) is 0 Å². The van der Waals surface area contributed by atoms with E-state index >= 15 is 0 Å². The lowest BCUT2D eigenvalue weighted by molar-refractivity contribution is -0.113. The first-order valence-electron chi connectivity index (χ1n) is 8.36. The lowest BCUT2D eigenvalue weighted by atomic mass is 10.1. The number of ether oxygens (including phenoxy) is 2. The van der Waals surface area contributed by atoms with Crippen LogP contribution in [0.2, 0.25) is 0 Å². The predicted molar refractivity (Wildman–Crippen MR) is 113 cm³/mol. The molecule has 1 fully saturated rings. The summed E-state index contributed by atoms with van der Waals surface area (Å²) < 4.78 is 10.5. The summed E-state index contributed by atoms with van der Waals surface area (Å²) in [7, 11) is 1.30. The Kier molecular flexibility index (Phi) is 6.01. The van der Waals surface area contributed by atoms with Crippen LogP contribution in [0.3, 0.4) is 0 Å². The average molecular weight is 415 g/mol. The molecule has 1 N–H and O–H groups in total. The third-order valence-electron chi connectivity index (χ3n) is 3.90. The first kappa shape index (κ1) is 19.9. The maximum Gasteiger partial charge on any atom is 0.337 e. The van der Waals surface area contributed by atoms with Gasteiger partial charge in [-0.2, -0.15) is 0 Å². The molecule has 0 saturated carbocycles. The number of amides is 1. The van der Waals surface area contributed by atoms with Crippen molar-refractivity contribution >= 4 is 51.9 Å². The SMILES string of the molecule is CCOc1cc(/C=C2\SC(=S)N(c3cccc(C(=O)OC)c3)C2=O)ccc1O. The summed E-state index contributed by atoms with van der Waals surface area (Å²) in [6, 6.07) is 11.4. The molecule has 1 heterocycles. The highest BCUT2D eigenvalue weighted by Crippen LogP contribution is 2.37. The van der Waals surface area contributed by atoms with E-state index < -0.39 is 5.97 Å². The predicted octanol–water partition coefficient (Wildman–Crippen LogP) is 3.98. The quantitative estimate of drug-likeness (QED) is 0.450. The van der Waals surface area contributed by atoms with Crippen molar-refractivity contribution in [2.24, 2.45) is 0 Å². The average Bonchev–Trinajstić information content (AvgIpc) is 2.97. The number of carbonyl (C=O) groups excluding carboxylic acids is 2. The number of thiocarbonyl (C=S) groups is 1. The van der Waals surface area contributed by atoms with Gasteiger partial charge in [0.25, 0.3) is 5.91 Å². The maximum absolute atomic E-state index is 12.9. The zero-order valence-corrected chi connectivity index (χ0v) is 16.8. The van der Waals surface area contributed by atoms with E-state index in [1.165, 1.54) is 18.1 Å². The lowest BCUT2D eigenvalue weighted by Gasteiger charge is -2.15. The molecule has 0 aromatic heterocycles. The van der Waals surface area contributed by atoms with Gasteiger partial charge in [0.1, 0.15) is 0 Å². The van der Waals surface area contributed by atoms with Gasteiger partial charge in [-0.05, 0) is 48.9 Å². The Labute approximate surface area is 171 Å². The Bertz CT molecular complexity index is 986. The highest BCUT2D eigenvalue weighted by molar-refractivity contribution is 8.27. The number of methoxy groups -OCH3 is 1. The number of rotatable bonds is 5. The van der Waals surface area contributed by atoms with E-state index in [1.807, 2.05) is 6.92 Å². The number of thioether (sulfide) groups is 1. The van der Waals surface area contributed by atoms with Gasteiger partial charge in [-0.15, -0.1) is 0 Å². The number of benzene rings is 2. The molecule has 6 nitrogen and oxygen atoms in total. The summed E-state index contributed by atoms with van der Waals surface area (Å²) in [5.74, 6) is -0.401. The summed E-state index contributed by atoms with van der Waals surface area (Å²) in [5, 5.41) is 9.82. The standard InChI is InChI=1S/C20H17NO5S2/c1-3-26-16-9-12(7-8-15(16)22)10-17-18(23)21(20(27)28-17)14-6-4-5-13(11-14)19(24)25-2/h4-11,22H,3H2,1-2H3/b17-10-. The summed E-state index contributed by atoms with van der Waals surface area (Å²) in [5.41, 5.74) is 1.53. The molecule has 0 unspecified atom stereocenters. The molecule has 0 bridgehead atoms. The number of nitrogens with zero attached hydrogens (tertiary/aromatic N) is 1. The lowest BCUT2D eigenvalue weighted by Crippen LogP contribution is -2.27. The Morgan fingerprint density at radius 3 is 2.79 bits per heavy atom. The molecule has 2 aromatic carbocycles. The molecule has 1 saturated heterocycles. The fourth-order valence-corrected chi connectivity index (χ4v) is 3.92. The van der Waals surface area contributed by atoms with Gasteiger partial charge in [-0.25, -0.2) is 4.79 Å². The van der Waals surface area contributed by atoms with Crippen molar-refractivity contribution in [2.45, 2.75) is 6.92 Å². The summed E-state index contributed by atoms with van der Waals surface area (Å²) in [6.45, 7) is 2.23. The number of carbonyl (C=O) groups is 2. The number of hydrogen-bond donors (Lipinski definition) is 1. The molecule has 1 aliphatic rings. The first-order valence-corrected chi connectivity index (χ1v) is 9.59. The molecule has 3 rings (SSSR count). The van der Waals surface area contributed by atoms with Crippen LogP contribution in [-0.2, 0) is 9.53 Å². The maximum atomic E-state index is 12.9. The third-order valence-corrected chi connectivity index (χ3v) is 5.20. The van der Waals surface area contributed by atoms with Crippen LogP contribution in [0, 0.1) is 0 Å². The van der Waals surface area contributed by atoms with Gasteiger partial charge in [-0.1, -0.05) is 36.1 Å². The smallest absolute Gasteiger partial charge is 0.337 e. The second-order valence-corrected chi connectivity index (χ2v) is 7.39. The van der Waals surface area contributed by atoms with Crippen molar-refractivity contribution in [1.82, 2.24) is 0 Å². The number of phenolic OH excluding ortho intramolecular Hbond substituents is 1. The minimum atomic E-state index is -0.490. The number of aromatic hydroxyl groups is 1. The highest BCUT2D eigenvalue weighted by Gasteiger charge is 2.33. The molecule has 0 spiro atoms. The van der Waals surface area contributed by atoms with Crippen LogP contribution in [0.25, 0.3) is 6.08 Å². The van der Waals surface area contributed by atoms with Crippen LogP contribution in [0.4, 0.5) is 5.69 Å². The van der Waals surface area contributed by atoms with Crippen molar-refractivity contribution < 1.29 is 24.2 Å². The number of hydrogen-bond acceptors (Lipinski definition) is 7. The van der Waals surface area contributed by atoms with Crippen molar-refractivity contribution in [3.63, 3.8) is 0 Å². The Morgan fingerprint density at radius 1 is 1.29 bits per heavy atom. The number of anilines is 1. The molecule has 8 heteroatoms. The Morgan fingerprint density at radius 2 is 2.07 bits per heavy atom. The van der Waals surface area contributed by atoms with Gasteiger partial charge in [-0.3, -0.25) is 9.69 Å². The van der Waals surface area contributed by atoms with Crippen LogP contribution in [0.15, 0.2) is 47.4 Å². The van der Waals surface area contributed by atoms with E-state index in [0.29, 0.717) is 38.4 Å². The van der Waals surface area contributed by atoms with E-state index in [0.717, 1.165) is 11.8 Å². The summed E-state index contributed by atoms with van der Waals surface area (Å²) in [6.07, 6.45) is 1.69. The largest absolute Gasteiger partial charge is 0.504 e. The van der Waals surface area contributed by atoms with Crippen LogP contribution >= 0.6 is 24.0 Å². The zero-order chi connectivity index (χ0) is 20.3. The number of esters is 1. The molecule has 0 aliphatic carbocycles. The second kappa shape index (κ2) is 8.45. The molecule has 28 heavy (non-hydrogen) atoms. The minimum absolute atomic E-state index is 0.0335. The first-order chi connectivity index (χ1) is 13.4. The van der Waals surface area contributed by atoms with E-state index in [4.69, 9.17) is 21.7 Å². The van der Waals surface area contributed by atoms with Gasteiger partial charge in [0.05, 0.1) is 29.9 Å². The Balaban J connectivity index is 1.91. The Hall–Kier alpha value is -2.84. The molecular formula is C20H17NO5S2. The molecular weight excluding hydrogens is 398 g/mol. The van der Waals surface area contributed by atoms with Crippen molar-refractivity contribution in [3.05, 3.63) is 58.5 Å². The van der Waals surface area contributed by atoms with Crippen molar-refractivity contribution in [1.29, 1.82) is 0 Å². The third kappa shape index (κ3) is 4.02. The van der Waals surface area contributed by atoms with Crippen LogP contribution in [0.5, 0.6) is 11.5 Å². The fourth-order valence-electron chi connectivity index (χ4n) is 2.62. The van der Waals surface area contributed by atoms with Gasteiger partial charge >= 0.3 is 5.97 Å².